The van der Waals surface area contributed by atoms with Crippen LogP contribution in [-0.4, -0.2) is 16.9 Å². The van der Waals surface area contributed by atoms with Gasteiger partial charge in [0.2, 0.25) is 0 Å². The second-order valence-electron chi connectivity index (χ2n) is 3.57. The van der Waals surface area contributed by atoms with E-state index in [1.807, 2.05) is 0 Å². The lowest BCUT2D eigenvalue weighted by atomic mass is 9.86. The summed E-state index contributed by atoms with van der Waals surface area (Å²) in [7, 11) is 0. The molecule has 1 fully saturated rings. The highest BCUT2D eigenvalue weighted by Gasteiger charge is 2.44. The van der Waals surface area contributed by atoms with Crippen LogP contribution in [0.5, 0.6) is 0 Å². The van der Waals surface area contributed by atoms with E-state index in [1.165, 1.54) is 13.8 Å². The molecule has 62 valence electrons. The average Bonchev–Trinajstić information content (AvgIpc) is 2.66. The van der Waals surface area contributed by atoms with Gasteiger partial charge >= 0.3 is 5.97 Å². The van der Waals surface area contributed by atoms with Crippen LogP contribution >= 0.6 is 0 Å². The largest absolute Gasteiger partial charge is 0.481 e. The summed E-state index contributed by atoms with van der Waals surface area (Å²) in [5.74, 6) is -1.11. The Morgan fingerprint density at radius 2 is 1.82 bits per heavy atom. The van der Waals surface area contributed by atoms with Crippen LogP contribution < -0.4 is 0 Å². The summed E-state index contributed by atoms with van der Waals surface area (Å²) in [6.07, 6.45) is 1.74. The fraction of sp³-hybridized carbons (Fsp3) is 0.750. The molecular formula is C8H12O3. The van der Waals surface area contributed by atoms with Crippen molar-refractivity contribution < 1.29 is 14.7 Å². The molecule has 3 heteroatoms. The lowest BCUT2D eigenvalue weighted by molar-refractivity contribution is -0.153. The normalized spacial score (nSPS) is 18.0. The molecule has 1 saturated carbocycles. The highest BCUT2D eigenvalue weighted by Crippen LogP contribution is 2.36. The Kier molecular flexibility index (Phi) is 1.74. The van der Waals surface area contributed by atoms with Gasteiger partial charge in [-0.2, -0.15) is 0 Å². The molecule has 0 atom stereocenters. The molecule has 0 amide bonds. The number of carboxylic acids is 1. The van der Waals surface area contributed by atoms with Gasteiger partial charge in [0.25, 0.3) is 0 Å². The van der Waals surface area contributed by atoms with E-state index in [0.29, 0.717) is 0 Å². The molecule has 11 heavy (non-hydrogen) atoms. The third-order valence-corrected chi connectivity index (χ3v) is 2.10. The van der Waals surface area contributed by atoms with E-state index in [4.69, 9.17) is 5.11 Å². The zero-order valence-corrected chi connectivity index (χ0v) is 6.76. The van der Waals surface area contributed by atoms with Crippen molar-refractivity contribution in [2.24, 2.45) is 11.3 Å². The van der Waals surface area contributed by atoms with Gasteiger partial charge < -0.3 is 5.11 Å². The van der Waals surface area contributed by atoms with Crippen LogP contribution in [0.1, 0.15) is 26.7 Å². The van der Waals surface area contributed by atoms with E-state index in [2.05, 4.69) is 0 Å². The Hall–Kier alpha value is -0.860. The molecule has 0 unspecified atom stereocenters. The van der Waals surface area contributed by atoms with Gasteiger partial charge in [-0.15, -0.1) is 0 Å². The maximum Gasteiger partial charge on any atom is 0.316 e. The molecule has 1 N–H and O–H groups in total. The minimum absolute atomic E-state index is 0.0288. The van der Waals surface area contributed by atoms with Crippen molar-refractivity contribution in [1.29, 1.82) is 0 Å². The topological polar surface area (TPSA) is 54.4 Å². The third-order valence-electron chi connectivity index (χ3n) is 2.10. The first-order valence-corrected chi connectivity index (χ1v) is 3.74. The van der Waals surface area contributed by atoms with Crippen molar-refractivity contribution >= 4 is 11.8 Å². The van der Waals surface area contributed by atoms with Crippen LogP contribution in [0.4, 0.5) is 0 Å². The van der Waals surface area contributed by atoms with Gasteiger partial charge in [-0.05, 0) is 26.7 Å². The van der Waals surface area contributed by atoms with Crippen LogP contribution in [-0.2, 0) is 9.59 Å². The van der Waals surface area contributed by atoms with Crippen molar-refractivity contribution in [3.8, 4) is 0 Å². The number of hydrogen-bond acceptors (Lipinski definition) is 2. The Labute approximate surface area is 65.4 Å². The van der Waals surface area contributed by atoms with E-state index in [9.17, 15) is 9.59 Å². The second-order valence-corrected chi connectivity index (χ2v) is 3.57. The molecule has 0 radical (unpaired) electrons. The lowest BCUT2D eigenvalue weighted by Crippen LogP contribution is -2.34. The van der Waals surface area contributed by atoms with Crippen LogP contribution in [0.2, 0.25) is 0 Å². The Balaban J connectivity index is 2.69. The molecule has 0 saturated heterocycles. The molecule has 1 rings (SSSR count). The van der Waals surface area contributed by atoms with Gasteiger partial charge in [-0.25, -0.2) is 0 Å². The van der Waals surface area contributed by atoms with Crippen molar-refractivity contribution in [2.45, 2.75) is 26.7 Å². The minimum atomic E-state index is -1.18. The maximum atomic E-state index is 11.3. The highest BCUT2D eigenvalue weighted by atomic mass is 16.4. The molecule has 0 heterocycles. The van der Waals surface area contributed by atoms with E-state index in [1.54, 1.807) is 0 Å². The number of aliphatic carboxylic acids is 1. The van der Waals surface area contributed by atoms with E-state index >= 15 is 0 Å². The van der Waals surface area contributed by atoms with E-state index < -0.39 is 11.4 Å². The van der Waals surface area contributed by atoms with Crippen molar-refractivity contribution in [2.75, 3.05) is 0 Å². The van der Waals surface area contributed by atoms with Gasteiger partial charge in [0.1, 0.15) is 5.41 Å². The number of rotatable bonds is 3. The average molecular weight is 156 g/mol. The monoisotopic (exact) mass is 156 g/mol. The molecule has 1 aliphatic carbocycles. The number of carbonyl (C=O) groups is 2. The summed E-state index contributed by atoms with van der Waals surface area (Å²) in [5, 5.41) is 8.67. The highest BCUT2D eigenvalue weighted by molar-refractivity contribution is 6.04. The predicted octanol–water partition coefficient (Wildman–Crippen LogP) is 1.08. The van der Waals surface area contributed by atoms with Crippen LogP contribution in [0, 0.1) is 11.3 Å². The van der Waals surface area contributed by atoms with Crippen molar-refractivity contribution in [3.63, 3.8) is 0 Å². The first-order chi connectivity index (χ1) is 4.96. The molecule has 0 bridgehead atoms. The standard InChI is InChI=1S/C8H12O3/c1-8(2,7(10)11)6(9)5-3-4-5/h5H,3-4H2,1-2H3,(H,10,11). The third kappa shape index (κ3) is 1.42. The fourth-order valence-electron chi connectivity index (χ4n) is 0.961. The second kappa shape index (κ2) is 2.32. The number of hydrogen-bond donors (Lipinski definition) is 1. The Bertz CT molecular complexity index is 201. The Morgan fingerprint density at radius 1 is 1.36 bits per heavy atom. The van der Waals surface area contributed by atoms with Gasteiger partial charge in [0.15, 0.2) is 5.78 Å². The first kappa shape index (κ1) is 8.24. The van der Waals surface area contributed by atoms with E-state index in [-0.39, 0.29) is 11.7 Å². The molecule has 0 aromatic carbocycles. The Morgan fingerprint density at radius 3 is 2.09 bits per heavy atom. The fourth-order valence-corrected chi connectivity index (χ4v) is 0.961. The summed E-state index contributed by atoms with van der Waals surface area (Å²) in [4.78, 5) is 21.9. The molecule has 0 aromatic rings. The summed E-state index contributed by atoms with van der Waals surface area (Å²) >= 11 is 0. The zero-order valence-electron chi connectivity index (χ0n) is 6.76. The number of carboxylic acid groups (broad SMARTS) is 1. The van der Waals surface area contributed by atoms with Crippen molar-refractivity contribution in [1.82, 2.24) is 0 Å². The van der Waals surface area contributed by atoms with Crippen LogP contribution in [0.25, 0.3) is 0 Å². The quantitative estimate of drug-likeness (QED) is 0.622. The molecule has 0 aromatic heterocycles. The van der Waals surface area contributed by atoms with Gasteiger partial charge in [0, 0.05) is 5.92 Å². The molecule has 3 nitrogen and oxygen atoms in total. The lowest BCUT2D eigenvalue weighted by Gasteiger charge is -2.16. The van der Waals surface area contributed by atoms with Gasteiger partial charge in [-0.1, -0.05) is 0 Å². The molecule has 0 spiro atoms. The summed E-state index contributed by atoms with van der Waals surface area (Å²) < 4.78 is 0. The summed E-state index contributed by atoms with van der Waals surface area (Å²) in [5.41, 5.74) is -1.18. The maximum absolute atomic E-state index is 11.3. The summed E-state index contributed by atoms with van der Waals surface area (Å²) in [6.45, 7) is 2.94. The van der Waals surface area contributed by atoms with Crippen LogP contribution in [0.3, 0.4) is 0 Å². The first-order valence-electron chi connectivity index (χ1n) is 3.74. The zero-order chi connectivity index (χ0) is 8.65. The molecule has 1 aliphatic rings. The summed E-state index contributed by atoms with van der Waals surface area (Å²) in [6, 6.07) is 0. The van der Waals surface area contributed by atoms with Crippen LogP contribution in [0.15, 0.2) is 0 Å². The van der Waals surface area contributed by atoms with E-state index in [0.717, 1.165) is 12.8 Å². The number of Topliss-reactive ketones (excluding diaryl/α,β-unsaturated/α-hetero) is 1. The van der Waals surface area contributed by atoms with Crippen molar-refractivity contribution in [3.05, 3.63) is 0 Å². The molecule has 0 aliphatic heterocycles. The molecular weight excluding hydrogens is 144 g/mol. The SMILES string of the molecule is CC(C)(C(=O)O)C(=O)C1CC1. The minimum Gasteiger partial charge on any atom is -0.481 e. The number of ketones is 1. The number of carbonyl (C=O) groups excluding carboxylic acids is 1. The smallest absolute Gasteiger partial charge is 0.316 e. The predicted molar refractivity (Wildman–Crippen MR) is 39.1 cm³/mol. The van der Waals surface area contributed by atoms with Gasteiger partial charge in [-0.3, -0.25) is 9.59 Å². The van der Waals surface area contributed by atoms with Gasteiger partial charge in [0.05, 0.1) is 0 Å².